The van der Waals surface area contributed by atoms with Crippen molar-refractivity contribution in [3.63, 3.8) is 0 Å². The predicted octanol–water partition coefficient (Wildman–Crippen LogP) is 3.39. The van der Waals surface area contributed by atoms with E-state index in [9.17, 15) is 14.0 Å². The molecule has 2 amide bonds. The Morgan fingerprint density at radius 3 is 2.28 bits per heavy atom. The van der Waals surface area contributed by atoms with Gasteiger partial charge in [0.25, 0.3) is 0 Å². The summed E-state index contributed by atoms with van der Waals surface area (Å²) < 4.78 is 13.6. The molecule has 2 rings (SSSR count). The Balaban J connectivity index is 1.98. The molecule has 5 heteroatoms. The highest BCUT2D eigenvalue weighted by atomic mass is 19.1. The van der Waals surface area contributed by atoms with E-state index in [1.165, 1.54) is 18.0 Å². The number of nitrogens with zero attached hydrogens (tertiary/aromatic N) is 1. The van der Waals surface area contributed by atoms with Crippen molar-refractivity contribution in [3.05, 3.63) is 64.5 Å². The molecule has 0 aromatic heterocycles. The molecular formula is C20H23FN2O2. The Bertz CT molecular complexity index is 779. The first kappa shape index (κ1) is 18.6. The first-order chi connectivity index (χ1) is 11.8. The van der Waals surface area contributed by atoms with Gasteiger partial charge in [-0.05, 0) is 43.5 Å². The second kappa shape index (κ2) is 7.92. The molecule has 0 unspecified atom stereocenters. The highest BCUT2D eigenvalue weighted by Crippen LogP contribution is 2.21. The van der Waals surface area contributed by atoms with Gasteiger partial charge in [-0.25, -0.2) is 4.39 Å². The number of anilines is 1. The van der Waals surface area contributed by atoms with E-state index in [4.69, 9.17) is 0 Å². The van der Waals surface area contributed by atoms with Gasteiger partial charge >= 0.3 is 0 Å². The second-order valence-electron chi connectivity index (χ2n) is 6.34. The topological polar surface area (TPSA) is 49.4 Å². The Morgan fingerprint density at radius 2 is 1.68 bits per heavy atom. The first-order valence-electron chi connectivity index (χ1n) is 8.13. The molecule has 0 radical (unpaired) electrons. The molecule has 0 heterocycles. The molecule has 0 fully saturated rings. The molecule has 0 atom stereocenters. The van der Waals surface area contributed by atoms with E-state index in [0.717, 1.165) is 22.4 Å². The van der Waals surface area contributed by atoms with E-state index in [1.807, 2.05) is 32.9 Å². The van der Waals surface area contributed by atoms with Crippen molar-refractivity contribution in [2.24, 2.45) is 0 Å². The Labute approximate surface area is 147 Å². The zero-order valence-electron chi connectivity index (χ0n) is 15.0. The van der Waals surface area contributed by atoms with E-state index >= 15 is 0 Å². The normalized spacial score (nSPS) is 10.4. The SMILES string of the molecule is Cc1cc(C)c(NC(=O)CN(C)C(=O)Cc2ccccc2F)c(C)c1. The molecule has 132 valence electrons. The number of halogens is 1. The average molecular weight is 342 g/mol. The van der Waals surface area contributed by atoms with Gasteiger partial charge in [0.2, 0.25) is 11.8 Å². The summed E-state index contributed by atoms with van der Waals surface area (Å²) in [6.45, 7) is 5.78. The zero-order valence-corrected chi connectivity index (χ0v) is 15.0. The van der Waals surface area contributed by atoms with Crippen LogP contribution in [0.3, 0.4) is 0 Å². The number of aryl methyl sites for hydroxylation is 3. The maximum atomic E-state index is 13.6. The van der Waals surface area contributed by atoms with Crippen molar-refractivity contribution in [1.29, 1.82) is 0 Å². The smallest absolute Gasteiger partial charge is 0.243 e. The number of carbonyl (C=O) groups excluding carboxylic acids is 2. The fourth-order valence-electron chi connectivity index (χ4n) is 2.80. The molecule has 0 bridgehead atoms. The van der Waals surface area contributed by atoms with Gasteiger partial charge in [-0.3, -0.25) is 9.59 Å². The third-order valence-corrected chi connectivity index (χ3v) is 4.05. The van der Waals surface area contributed by atoms with Crippen LogP contribution in [0, 0.1) is 26.6 Å². The molecule has 0 saturated carbocycles. The zero-order chi connectivity index (χ0) is 18.6. The van der Waals surface area contributed by atoms with E-state index in [-0.39, 0.29) is 24.8 Å². The monoisotopic (exact) mass is 342 g/mol. The molecule has 25 heavy (non-hydrogen) atoms. The van der Waals surface area contributed by atoms with E-state index in [0.29, 0.717) is 5.56 Å². The van der Waals surface area contributed by atoms with Crippen molar-refractivity contribution in [2.75, 3.05) is 18.9 Å². The lowest BCUT2D eigenvalue weighted by atomic mass is 10.1. The largest absolute Gasteiger partial charge is 0.336 e. The van der Waals surface area contributed by atoms with Crippen molar-refractivity contribution in [2.45, 2.75) is 27.2 Å². The minimum absolute atomic E-state index is 0.0704. The first-order valence-corrected chi connectivity index (χ1v) is 8.13. The van der Waals surface area contributed by atoms with E-state index in [2.05, 4.69) is 5.32 Å². The molecule has 1 N–H and O–H groups in total. The van der Waals surface area contributed by atoms with Crippen molar-refractivity contribution < 1.29 is 14.0 Å². The van der Waals surface area contributed by atoms with Crippen LogP contribution in [0.5, 0.6) is 0 Å². The summed E-state index contributed by atoms with van der Waals surface area (Å²) in [4.78, 5) is 25.8. The fraction of sp³-hybridized carbons (Fsp3) is 0.300. The van der Waals surface area contributed by atoms with Gasteiger partial charge in [-0.15, -0.1) is 0 Å². The highest BCUT2D eigenvalue weighted by molar-refractivity contribution is 5.96. The predicted molar refractivity (Wildman–Crippen MR) is 97.0 cm³/mol. The molecule has 0 saturated heterocycles. The fourth-order valence-corrected chi connectivity index (χ4v) is 2.80. The van der Waals surface area contributed by atoms with E-state index in [1.54, 1.807) is 18.2 Å². The number of amides is 2. The van der Waals surface area contributed by atoms with Crippen LogP contribution >= 0.6 is 0 Å². The average Bonchev–Trinajstić information content (AvgIpc) is 2.53. The molecule has 2 aromatic rings. The summed E-state index contributed by atoms with van der Waals surface area (Å²) in [5.74, 6) is -1.00. The van der Waals surface area contributed by atoms with Gasteiger partial charge < -0.3 is 10.2 Å². The van der Waals surface area contributed by atoms with Gasteiger partial charge in [-0.1, -0.05) is 35.9 Å². The van der Waals surface area contributed by atoms with Crippen LogP contribution in [0.1, 0.15) is 22.3 Å². The Kier molecular flexibility index (Phi) is 5.91. The van der Waals surface area contributed by atoms with E-state index < -0.39 is 5.82 Å². The number of rotatable bonds is 5. The van der Waals surface area contributed by atoms with Crippen LogP contribution in [0.2, 0.25) is 0 Å². The Morgan fingerprint density at radius 1 is 1.08 bits per heavy atom. The van der Waals surface area contributed by atoms with Crippen molar-refractivity contribution >= 4 is 17.5 Å². The van der Waals surface area contributed by atoms with Crippen LogP contribution in [0.15, 0.2) is 36.4 Å². The third kappa shape index (κ3) is 4.89. The molecule has 0 aliphatic rings. The summed E-state index contributed by atoms with van der Waals surface area (Å²) in [7, 11) is 1.54. The molecule has 0 aliphatic carbocycles. The van der Waals surface area contributed by atoms with Crippen LogP contribution in [0.4, 0.5) is 10.1 Å². The van der Waals surface area contributed by atoms with Gasteiger partial charge in [-0.2, -0.15) is 0 Å². The lowest BCUT2D eigenvalue weighted by molar-refractivity contribution is -0.132. The summed E-state index contributed by atoms with van der Waals surface area (Å²) in [5.41, 5.74) is 4.18. The lowest BCUT2D eigenvalue weighted by Crippen LogP contribution is -2.36. The quantitative estimate of drug-likeness (QED) is 0.905. The van der Waals surface area contributed by atoms with Crippen molar-refractivity contribution in [3.8, 4) is 0 Å². The second-order valence-corrected chi connectivity index (χ2v) is 6.34. The number of nitrogens with one attached hydrogen (secondary N) is 1. The van der Waals surface area contributed by atoms with Gasteiger partial charge in [0.1, 0.15) is 5.82 Å². The summed E-state index contributed by atoms with van der Waals surface area (Å²) in [6.07, 6.45) is -0.0704. The maximum absolute atomic E-state index is 13.6. The van der Waals surface area contributed by atoms with Gasteiger partial charge in [0.15, 0.2) is 0 Å². The number of hydrogen-bond acceptors (Lipinski definition) is 2. The van der Waals surface area contributed by atoms with Crippen LogP contribution in [-0.4, -0.2) is 30.3 Å². The highest BCUT2D eigenvalue weighted by Gasteiger charge is 2.16. The standard InChI is InChI=1S/C20H23FN2O2/c1-13-9-14(2)20(15(3)10-13)22-18(24)12-23(4)19(25)11-16-7-5-6-8-17(16)21/h5-10H,11-12H2,1-4H3,(H,22,24). The summed E-state index contributed by atoms with van der Waals surface area (Å²) in [6, 6.07) is 10.1. The molecule has 2 aromatic carbocycles. The number of benzene rings is 2. The molecular weight excluding hydrogens is 319 g/mol. The third-order valence-electron chi connectivity index (χ3n) is 4.05. The van der Waals surface area contributed by atoms with Crippen molar-refractivity contribution in [1.82, 2.24) is 4.90 Å². The maximum Gasteiger partial charge on any atom is 0.243 e. The number of carbonyl (C=O) groups is 2. The van der Waals surface area contributed by atoms with Crippen LogP contribution in [0.25, 0.3) is 0 Å². The summed E-state index contributed by atoms with van der Waals surface area (Å²) >= 11 is 0. The van der Waals surface area contributed by atoms with Gasteiger partial charge in [0.05, 0.1) is 13.0 Å². The van der Waals surface area contributed by atoms with Crippen LogP contribution < -0.4 is 5.32 Å². The summed E-state index contributed by atoms with van der Waals surface area (Å²) in [5, 5.41) is 2.86. The number of hydrogen-bond donors (Lipinski definition) is 1. The molecule has 0 spiro atoms. The minimum atomic E-state index is -0.417. The molecule has 4 nitrogen and oxygen atoms in total. The Hall–Kier alpha value is -2.69. The lowest BCUT2D eigenvalue weighted by Gasteiger charge is -2.18. The number of likely N-dealkylation sites (N-methyl/N-ethyl adjacent to an activating group) is 1. The van der Waals surface area contributed by atoms with Gasteiger partial charge in [0, 0.05) is 12.7 Å². The van der Waals surface area contributed by atoms with Crippen LogP contribution in [-0.2, 0) is 16.0 Å². The minimum Gasteiger partial charge on any atom is -0.336 e. The molecule has 0 aliphatic heterocycles.